The van der Waals surface area contributed by atoms with E-state index in [4.69, 9.17) is 0 Å². The minimum atomic E-state index is -4.64. The van der Waals surface area contributed by atoms with Crippen molar-refractivity contribution in [2.24, 2.45) is 0 Å². The predicted molar refractivity (Wildman–Crippen MR) is 63.3 cm³/mol. The molecule has 0 aliphatic heterocycles. The Balaban J connectivity index is 2.84. The van der Waals surface area contributed by atoms with Gasteiger partial charge in [-0.2, -0.15) is 13.2 Å². The number of aromatic nitrogens is 1. The van der Waals surface area contributed by atoms with Crippen LogP contribution in [0.5, 0.6) is 0 Å². The highest BCUT2D eigenvalue weighted by atomic mass is 32.2. The molecule has 1 rings (SSSR count). The number of pyridine rings is 1. The maximum atomic E-state index is 12.3. The Bertz CT molecular complexity index is 641. The molecular weight excluding hydrogens is 315 g/mol. The molecule has 0 unspecified atom stereocenters. The van der Waals surface area contributed by atoms with E-state index in [2.05, 4.69) is 4.98 Å². The zero-order valence-corrected chi connectivity index (χ0v) is 11.4. The van der Waals surface area contributed by atoms with Gasteiger partial charge in [-0.05, 0) is 12.1 Å². The molecule has 0 aliphatic rings. The molecular formula is C10H10F3N3O4S. The van der Waals surface area contributed by atoms with E-state index < -0.39 is 44.2 Å². The van der Waals surface area contributed by atoms with Crippen LogP contribution in [0.3, 0.4) is 0 Å². The molecule has 7 nitrogen and oxygen atoms in total. The van der Waals surface area contributed by atoms with Crippen LogP contribution in [0.15, 0.2) is 23.4 Å². The lowest BCUT2D eigenvalue weighted by Gasteiger charge is -2.08. The van der Waals surface area contributed by atoms with Gasteiger partial charge < -0.3 is 0 Å². The van der Waals surface area contributed by atoms with E-state index in [0.717, 1.165) is 6.92 Å². The third-order valence-electron chi connectivity index (χ3n) is 2.08. The highest BCUT2D eigenvalue weighted by molar-refractivity contribution is 7.92. The number of hydrogen-bond acceptors (Lipinski definition) is 5. The summed E-state index contributed by atoms with van der Waals surface area (Å²) in [7, 11) is -4.21. The number of carbonyl (C=O) groups is 2. The molecule has 0 saturated heterocycles. The summed E-state index contributed by atoms with van der Waals surface area (Å²) >= 11 is 0. The van der Waals surface area contributed by atoms with Crippen molar-refractivity contribution in [2.75, 3.05) is 5.75 Å². The number of carbonyl (C=O) groups excluding carboxylic acids is 2. The fraction of sp³-hybridized carbons (Fsp3) is 0.300. The van der Waals surface area contributed by atoms with Crippen LogP contribution in [0.4, 0.5) is 13.2 Å². The summed E-state index contributed by atoms with van der Waals surface area (Å²) in [6, 6.07) is 1.20. The first-order chi connectivity index (χ1) is 9.52. The number of hydrazine groups is 1. The first-order valence-corrected chi connectivity index (χ1v) is 6.99. The Morgan fingerprint density at radius 3 is 2.29 bits per heavy atom. The van der Waals surface area contributed by atoms with Crippen molar-refractivity contribution in [3.63, 3.8) is 0 Å². The van der Waals surface area contributed by atoms with Crippen molar-refractivity contribution >= 4 is 21.7 Å². The van der Waals surface area contributed by atoms with Crippen molar-refractivity contribution in [3.8, 4) is 0 Å². The van der Waals surface area contributed by atoms with Crippen LogP contribution >= 0.6 is 0 Å². The number of halogens is 3. The van der Waals surface area contributed by atoms with Crippen LogP contribution in [0.1, 0.15) is 12.5 Å². The number of alkyl halides is 3. The Kier molecular flexibility index (Phi) is 4.88. The van der Waals surface area contributed by atoms with Gasteiger partial charge in [0.25, 0.3) is 5.91 Å². The molecule has 116 valence electrons. The van der Waals surface area contributed by atoms with Gasteiger partial charge in [0, 0.05) is 13.1 Å². The van der Waals surface area contributed by atoms with Gasteiger partial charge in [-0.25, -0.2) is 13.4 Å². The molecule has 2 amide bonds. The van der Waals surface area contributed by atoms with E-state index in [1.54, 1.807) is 0 Å². The summed E-state index contributed by atoms with van der Waals surface area (Å²) in [5.41, 5.74) is 2.59. The third kappa shape index (κ3) is 5.02. The van der Waals surface area contributed by atoms with Crippen LogP contribution < -0.4 is 10.9 Å². The number of nitrogens with zero attached hydrogens (tertiary/aromatic N) is 1. The zero-order valence-electron chi connectivity index (χ0n) is 10.6. The maximum absolute atomic E-state index is 12.3. The van der Waals surface area contributed by atoms with E-state index in [9.17, 15) is 31.2 Å². The highest BCUT2D eigenvalue weighted by Crippen LogP contribution is 2.28. The first kappa shape index (κ1) is 16.9. The fourth-order valence-electron chi connectivity index (χ4n) is 1.17. The maximum Gasteiger partial charge on any atom is 0.417 e. The van der Waals surface area contributed by atoms with Gasteiger partial charge >= 0.3 is 6.18 Å². The van der Waals surface area contributed by atoms with Crippen LogP contribution in [-0.2, 0) is 25.6 Å². The molecule has 1 aromatic heterocycles. The van der Waals surface area contributed by atoms with Gasteiger partial charge in [0.15, 0.2) is 5.03 Å². The number of sulfone groups is 1. The second kappa shape index (κ2) is 6.08. The molecule has 21 heavy (non-hydrogen) atoms. The topological polar surface area (TPSA) is 105 Å². The summed E-state index contributed by atoms with van der Waals surface area (Å²) in [6.07, 6.45) is -4.28. The standard InChI is InChI=1S/C10H10F3N3O4S/c1-6(17)15-16-8(18)5-21(19,20)9-3-2-7(4-14-9)10(11,12)13/h2-4H,5H2,1H3,(H,15,17)(H,16,18). The zero-order chi connectivity index (χ0) is 16.3. The smallest absolute Gasteiger partial charge is 0.274 e. The van der Waals surface area contributed by atoms with Crippen molar-refractivity contribution in [1.29, 1.82) is 0 Å². The number of rotatable bonds is 3. The summed E-state index contributed by atoms with van der Waals surface area (Å²) in [4.78, 5) is 25.0. The summed E-state index contributed by atoms with van der Waals surface area (Å²) in [6.45, 7) is 1.09. The van der Waals surface area contributed by atoms with E-state index in [1.165, 1.54) is 0 Å². The molecule has 0 radical (unpaired) electrons. The van der Waals surface area contributed by atoms with Crippen molar-refractivity contribution < 1.29 is 31.2 Å². The summed E-state index contributed by atoms with van der Waals surface area (Å²) in [5, 5.41) is -0.673. The lowest BCUT2D eigenvalue weighted by atomic mass is 10.3. The van der Waals surface area contributed by atoms with Gasteiger partial charge in [0.05, 0.1) is 5.56 Å². The highest BCUT2D eigenvalue weighted by Gasteiger charge is 2.31. The number of nitrogens with one attached hydrogen (secondary N) is 2. The molecule has 0 bridgehead atoms. The fourth-order valence-corrected chi connectivity index (χ4v) is 2.23. The van der Waals surface area contributed by atoms with Crippen molar-refractivity contribution in [1.82, 2.24) is 15.8 Å². The van der Waals surface area contributed by atoms with E-state index >= 15 is 0 Å². The molecule has 0 fully saturated rings. The largest absolute Gasteiger partial charge is 0.417 e. The van der Waals surface area contributed by atoms with E-state index in [-0.39, 0.29) is 0 Å². The second-order valence-electron chi connectivity index (χ2n) is 3.87. The molecule has 0 spiro atoms. The number of hydrogen-bond donors (Lipinski definition) is 2. The van der Waals surface area contributed by atoms with Crippen LogP contribution in [-0.4, -0.2) is 31.0 Å². The molecule has 1 heterocycles. The summed E-state index contributed by atoms with van der Waals surface area (Å²) < 4.78 is 60.4. The average Bonchev–Trinajstić information content (AvgIpc) is 2.35. The predicted octanol–water partition coefficient (Wildman–Crippen LogP) is 0.0414. The average molecular weight is 325 g/mol. The third-order valence-corrected chi connectivity index (χ3v) is 3.60. The van der Waals surface area contributed by atoms with Gasteiger partial charge in [0.2, 0.25) is 15.7 Å². The minimum Gasteiger partial charge on any atom is -0.274 e. The van der Waals surface area contributed by atoms with Crippen molar-refractivity contribution in [2.45, 2.75) is 18.1 Å². The Morgan fingerprint density at radius 2 is 1.86 bits per heavy atom. The van der Waals surface area contributed by atoms with Gasteiger partial charge in [-0.3, -0.25) is 20.4 Å². The SMILES string of the molecule is CC(=O)NNC(=O)CS(=O)(=O)c1ccc(C(F)(F)F)cn1. The van der Waals surface area contributed by atoms with Crippen LogP contribution in [0.25, 0.3) is 0 Å². The Labute approximate surface area is 117 Å². The minimum absolute atomic E-state index is 0.360. The molecule has 0 aliphatic carbocycles. The first-order valence-electron chi connectivity index (χ1n) is 5.34. The van der Waals surface area contributed by atoms with E-state index in [0.29, 0.717) is 18.3 Å². The quantitative estimate of drug-likeness (QED) is 0.764. The molecule has 0 saturated carbocycles. The lowest BCUT2D eigenvalue weighted by Crippen LogP contribution is -2.43. The van der Waals surface area contributed by atoms with Gasteiger partial charge in [0.1, 0.15) is 5.75 Å². The van der Waals surface area contributed by atoms with Gasteiger partial charge in [-0.1, -0.05) is 0 Å². The molecule has 11 heteroatoms. The lowest BCUT2D eigenvalue weighted by molar-refractivity contribution is -0.137. The Hall–Kier alpha value is -2.17. The molecule has 2 N–H and O–H groups in total. The van der Waals surface area contributed by atoms with E-state index in [1.807, 2.05) is 10.9 Å². The monoisotopic (exact) mass is 325 g/mol. The van der Waals surface area contributed by atoms with Crippen LogP contribution in [0.2, 0.25) is 0 Å². The summed E-state index contributed by atoms with van der Waals surface area (Å²) in [5.74, 6) is -2.73. The number of amides is 2. The van der Waals surface area contributed by atoms with Crippen molar-refractivity contribution in [3.05, 3.63) is 23.9 Å². The second-order valence-corrected chi connectivity index (χ2v) is 5.81. The van der Waals surface area contributed by atoms with Gasteiger partial charge in [-0.15, -0.1) is 0 Å². The molecule has 0 aromatic carbocycles. The Morgan fingerprint density at radius 1 is 1.24 bits per heavy atom. The molecule has 1 aromatic rings. The molecule has 0 atom stereocenters. The van der Waals surface area contributed by atoms with Crippen LogP contribution in [0, 0.1) is 0 Å². The normalized spacial score (nSPS) is 11.8.